The highest BCUT2D eigenvalue weighted by atomic mass is 32.1. The molecule has 0 radical (unpaired) electrons. The number of thiazole rings is 1. The van der Waals surface area contributed by atoms with Crippen LogP contribution in [0, 0.1) is 26.7 Å². The maximum Gasteiger partial charge on any atom is 0.268 e. The van der Waals surface area contributed by atoms with Gasteiger partial charge >= 0.3 is 0 Å². The molecule has 1 aromatic carbocycles. The summed E-state index contributed by atoms with van der Waals surface area (Å²) in [6.45, 7) is 10.7. The van der Waals surface area contributed by atoms with Crippen LogP contribution in [0.2, 0.25) is 0 Å². The number of amides is 1. The molecule has 4 rings (SSSR count). The monoisotopic (exact) mass is 463 g/mol. The zero-order valence-electron chi connectivity index (χ0n) is 19.7. The smallest absolute Gasteiger partial charge is 0.268 e. The number of hydrogen-bond donors (Lipinski definition) is 1. The minimum absolute atomic E-state index is 0.0936. The number of benzene rings is 1. The van der Waals surface area contributed by atoms with Gasteiger partial charge in [-0.2, -0.15) is 5.10 Å². The van der Waals surface area contributed by atoms with Gasteiger partial charge in [-0.05, 0) is 56.9 Å². The van der Waals surface area contributed by atoms with Gasteiger partial charge in [0.1, 0.15) is 5.69 Å². The van der Waals surface area contributed by atoms with Crippen molar-refractivity contribution in [2.45, 2.75) is 47.5 Å². The van der Waals surface area contributed by atoms with Crippen molar-refractivity contribution in [3.63, 3.8) is 0 Å². The standard InChI is InChI=1S/C25H29N5O2S/c1-15(2)9-10-26-22(31)13-20-14-33-25-27-18(5)23(24(32)29(20)25)21-12-17(4)30(28-21)19-8-6-7-16(3)11-19/h6-8,11-12,14-15H,9-10,13H2,1-5H3,(H,26,31). The lowest BCUT2D eigenvalue weighted by Crippen LogP contribution is -2.28. The zero-order valence-corrected chi connectivity index (χ0v) is 20.5. The van der Waals surface area contributed by atoms with Crippen LogP contribution in [0.3, 0.4) is 0 Å². The molecule has 0 aliphatic rings. The number of nitrogens with one attached hydrogen (secondary N) is 1. The Morgan fingerprint density at radius 1 is 1.18 bits per heavy atom. The Hall–Kier alpha value is -3.26. The molecule has 0 aliphatic carbocycles. The van der Waals surface area contributed by atoms with Crippen LogP contribution in [0.25, 0.3) is 21.9 Å². The predicted molar refractivity (Wildman–Crippen MR) is 132 cm³/mol. The van der Waals surface area contributed by atoms with E-state index in [0.29, 0.717) is 40.1 Å². The van der Waals surface area contributed by atoms with Crippen molar-refractivity contribution in [1.82, 2.24) is 24.5 Å². The van der Waals surface area contributed by atoms with Gasteiger partial charge in [0.05, 0.1) is 23.4 Å². The lowest BCUT2D eigenvalue weighted by atomic mass is 10.1. The third-order valence-electron chi connectivity index (χ3n) is 5.60. The van der Waals surface area contributed by atoms with E-state index in [-0.39, 0.29) is 17.9 Å². The molecule has 0 aliphatic heterocycles. The second-order valence-corrected chi connectivity index (χ2v) is 9.69. The lowest BCUT2D eigenvalue weighted by molar-refractivity contribution is -0.120. The lowest BCUT2D eigenvalue weighted by Gasteiger charge is -2.08. The fourth-order valence-corrected chi connectivity index (χ4v) is 4.79. The molecule has 3 aromatic heterocycles. The topological polar surface area (TPSA) is 81.3 Å². The van der Waals surface area contributed by atoms with E-state index in [1.807, 2.05) is 55.1 Å². The summed E-state index contributed by atoms with van der Waals surface area (Å²) in [5.74, 6) is 0.427. The Labute approximate surface area is 197 Å². The SMILES string of the molecule is Cc1cccc(-n2nc(-c3c(C)nc4scc(CC(=O)NCCC(C)C)n4c3=O)cc2C)c1. The van der Waals surface area contributed by atoms with E-state index in [4.69, 9.17) is 5.10 Å². The maximum absolute atomic E-state index is 13.6. The normalized spacial score (nSPS) is 11.5. The van der Waals surface area contributed by atoms with Crippen molar-refractivity contribution in [2.75, 3.05) is 6.54 Å². The molecule has 1 amide bonds. The van der Waals surface area contributed by atoms with Gasteiger partial charge in [-0.25, -0.2) is 9.67 Å². The predicted octanol–water partition coefficient (Wildman–Crippen LogP) is 4.24. The van der Waals surface area contributed by atoms with Gasteiger partial charge in [0, 0.05) is 23.3 Å². The summed E-state index contributed by atoms with van der Waals surface area (Å²) in [5, 5.41) is 9.52. The highest BCUT2D eigenvalue weighted by molar-refractivity contribution is 7.15. The van der Waals surface area contributed by atoms with Gasteiger partial charge in [-0.1, -0.05) is 26.0 Å². The average Bonchev–Trinajstić information content (AvgIpc) is 3.31. The van der Waals surface area contributed by atoms with Gasteiger partial charge in [0.15, 0.2) is 4.96 Å². The van der Waals surface area contributed by atoms with Crippen LogP contribution >= 0.6 is 11.3 Å². The number of rotatable bonds is 7. The molecule has 33 heavy (non-hydrogen) atoms. The van der Waals surface area contributed by atoms with Gasteiger partial charge < -0.3 is 5.32 Å². The first-order valence-corrected chi connectivity index (χ1v) is 12.0. The minimum atomic E-state index is -0.197. The average molecular weight is 464 g/mol. The summed E-state index contributed by atoms with van der Waals surface area (Å²) in [7, 11) is 0. The van der Waals surface area contributed by atoms with E-state index in [0.717, 1.165) is 23.4 Å². The summed E-state index contributed by atoms with van der Waals surface area (Å²) in [6, 6.07) is 9.98. The van der Waals surface area contributed by atoms with Crippen LogP contribution in [-0.4, -0.2) is 31.6 Å². The number of aryl methyl sites for hydroxylation is 3. The van der Waals surface area contributed by atoms with Crippen molar-refractivity contribution in [1.29, 1.82) is 0 Å². The van der Waals surface area contributed by atoms with Crippen molar-refractivity contribution < 1.29 is 4.79 Å². The molecule has 4 aromatic rings. The third-order valence-corrected chi connectivity index (χ3v) is 6.47. The third kappa shape index (κ3) is 4.75. The molecule has 0 bridgehead atoms. The van der Waals surface area contributed by atoms with Crippen molar-refractivity contribution in [2.24, 2.45) is 5.92 Å². The number of hydrogen-bond acceptors (Lipinski definition) is 5. The first-order valence-electron chi connectivity index (χ1n) is 11.1. The summed E-state index contributed by atoms with van der Waals surface area (Å²) in [5.41, 5.74) is 5.12. The first-order chi connectivity index (χ1) is 15.7. The van der Waals surface area contributed by atoms with Gasteiger partial charge in [0.2, 0.25) is 5.91 Å². The van der Waals surface area contributed by atoms with Crippen molar-refractivity contribution >= 4 is 22.2 Å². The Morgan fingerprint density at radius 2 is 1.97 bits per heavy atom. The van der Waals surface area contributed by atoms with E-state index in [1.165, 1.54) is 11.3 Å². The molecule has 0 atom stereocenters. The number of carbonyl (C=O) groups excluding carboxylic acids is 1. The number of carbonyl (C=O) groups is 1. The molecule has 7 nitrogen and oxygen atoms in total. The van der Waals surface area contributed by atoms with Gasteiger partial charge in [-0.15, -0.1) is 11.3 Å². The Balaban J connectivity index is 1.71. The fraction of sp³-hybridized carbons (Fsp3) is 0.360. The molecule has 0 saturated heterocycles. The second kappa shape index (κ2) is 9.31. The number of nitrogens with zero attached hydrogens (tertiary/aromatic N) is 4. The molecule has 0 spiro atoms. The van der Waals surface area contributed by atoms with E-state index in [2.05, 4.69) is 30.2 Å². The van der Waals surface area contributed by atoms with E-state index in [1.54, 1.807) is 4.40 Å². The molecule has 0 unspecified atom stereocenters. The Morgan fingerprint density at radius 3 is 2.70 bits per heavy atom. The molecular weight excluding hydrogens is 434 g/mol. The quantitative estimate of drug-likeness (QED) is 0.445. The van der Waals surface area contributed by atoms with Crippen molar-refractivity contribution in [3.05, 3.63) is 68.7 Å². The second-order valence-electron chi connectivity index (χ2n) is 8.85. The molecule has 0 saturated carbocycles. The van der Waals surface area contributed by atoms with E-state index >= 15 is 0 Å². The molecule has 0 fully saturated rings. The van der Waals surface area contributed by atoms with Crippen molar-refractivity contribution in [3.8, 4) is 16.9 Å². The Bertz CT molecular complexity index is 1380. The van der Waals surface area contributed by atoms with Crippen LogP contribution in [0.4, 0.5) is 0 Å². The van der Waals surface area contributed by atoms with Crippen LogP contribution in [0.15, 0.2) is 40.5 Å². The number of fused-ring (bicyclic) bond motifs is 1. The Kier molecular flexibility index (Phi) is 6.47. The summed E-state index contributed by atoms with van der Waals surface area (Å²) < 4.78 is 3.39. The molecule has 1 N–H and O–H groups in total. The van der Waals surface area contributed by atoms with Crippen LogP contribution in [-0.2, 0) is 11.2 Å². The van der Waals surface area contributed by atoms with Crippen LogP contribution in [0.1, 0.15) is 42.9 Å². The van der Waals surface area contributed by atoms with Crippen LogP contribution in [0.5, 0.6) is 0 Å². The fourth-order valence-electron chi connectivity index (χ4n) is 3.87. The number of aromatic nitrogens is 4. The summed E-state index contributed by atoms with van der Waals surface area (Å²) >= 11 is 1.37. The minimum Gasteiger partial charge on any atom is -0.356 e. The molecular formula is C25H29N5O2S. The van der Waals surface area contributed by atoms with Gasteiger partial charge in [0.25, 0.3) is 5.56 Å². The largest absolute Gasteiger partial charge is 0.356 e. The van der Waals surface area contributed by atoms with Gasteiger partial charge in [-0.3, -0.25) is 14.0 Å². The zero-order chi connectivity index (χ0) is 23.7. The highest BCUT2D eigenvalue weighted by Crippen LogP contribution is 2.23. The molecule has 3 heterocycles. The highest BCUT2D eigenvalue weighted by Gasteiger charge is 2.20. The summed E-state index contributed by atoms with van der Waals surface area (Å²) in [4.78, 5) is 31.3. The maximum atomic E-state index is 13.6. The summed E-state index contributed by atoms with van der Waals surface area (Å²) in [6.07, 6.45) is 1.06. The molecule has 172 valence electrons. The van der Waals surface area contributed by atoms with Crippen LogP contribution < -0.4 is 10.9 Å². The first kappa shape index (κ1) is 22.9. The van der Waals surface area contributed by atoms with E-state index in [9.17, 15) is 9.59 Å². The van der Waals surface area contributed by atoms with E-state index < -0.39 is 0 Å². The molecule has 8 heteroatoms.